The number of rotatable bonds is 10. The Bertz CT molecular complexity index is 747. The van der Waals surface area contributed by atoms with E-state index in [1.807, 2.05) is 60.7 Å². The van der Waals surface area contributed by atoms with E-state index in [9.17, 15) is 13.2 Å². The molecule has 2 aromatic rings. The van der Waals surface area contributed by atoms with Crippen molar-refractivity contribution in [2.45, 2.75) is 17.7 Å². The summed E-state index contributed by atoms with van der Waals surface area (Å²) in [4.78, 5) is 12.9. The predicted octanol–water partition coefficient (Wildman–Crippen LogP) is 2.94. The molecule has 0 aliphatic carbocycles. The van der Waals surface area contributed by atoms with E-state index >= 15 is 0 Å². The van der Waals surface area contributed by atoms with E-state index in [-0.39, 0.29) is 5.75 Å². The zero-order valence-electron chi connectivity index (χ0n) is 14.1. The van der Waals surface area contributed by atoms with Crippen LogP contribution in [0, 0.1) is 0 Å². The minimum absolute atomic E-state index is 0.0358. The molecule has 0 radical (unpaired) electrons. The summed E-state index contributed by atoms with van der Waals surface area (Å²) in [6.07, 6.45) is 1.24. The highest BCUT2D eigenvalue weighted by atomic mass is 32.2. The SMILES string of the molecule is O=C(CS(=O)(=O)CCCc1ccccc1)NCCSc1ccccc1. The van der Waals surface area contributed by atoms with Crippen LogP contribution in [-0.4, -0.2) is 38.1 Å². The van der Waals surface area contributed by atoms with Gasteiger partial charge in [-0.2, -0.15) is 0 Å². The van der Waals surface area contributed by atoms with Crippen LogP contribution in [0.15, 0.2) is 65.6 Å². The van der Waals surface area contributed by atoms with Gasteiger partial charge in [0.2, 0.25) is 5.91 Å². The van der Waals surface area contributed by atoms with Crippen LogP contribution in [0.4, 0.5) is 0 Å². The Morgan fingerprint density at radius 3 is 2.28 bits per heavy atom. The zero-order chi connectivity index (χ0) is 18.0. The molecule has 0 saturated heterocycles. The molecule has 2 rings (SSSR count). The third-order valence-corrected chi connectivity index (χ3v) is 6.18. The maximum atomic E-state index is 12.0. The van der Waals surface area contributed by atoms with Crippen molar-refractivity contribution in [3.63, 3.8) is 0 Å². The Hall–Kier alpha value is -1.79. The largest absolute Gasteiger partial charge is 0.354 e. The molecule has 0 bridgehead atoms. The number of nitrogens with one attached hydrogen (secondary N) is 1. The van der Waals surface area contributed by atoms with Crippen LogP contribution in [0.2, 0.25) is 0 Å². The zero-order valence-corrected chi connectivity index (χ0v) is 15.7. The number of sulfone groups is 1. The van der Waals surface area contributed by atoms with Crippen molar-refractivity contribution in [3.8, 4) is 0 Å². The van der Waals surface area contributed by atoms with Gasteiger partial charge in [0.1, 0.15) is 5.75 Å². The van der Waals surface area contributed by atoms with E-state index in [4.69, 9.17) is 0 Å². The van der Waals surface area contributed by atoms with Gasteiger partial charge < -0.3 is 5.32 Å². The summed E-state index contributed by atoms with van der Waals surface area (Å²) in [5, 5.41) is 2.68. The fourth-order valence-electron chi connectivity index (χ4n) is 2.34. The lowest BCUT2D eigenvalue weighted by atomic mass is 10.1. The molecule has 1 N–H and O–H groups in total. The van der Waals surface area contributed by atoms with Crippen LogP contribution >= 0.6 is 11.8 Å². The lowest BCUT2D eigenvalue weighted by Gasteiger charge is -2.07. The molecular weight excluding hydrogens is 354 g/mol. The van der Waals surface area contributed by atoms with E-state index in [0.29, 0.717) is 25.1 Å². The Labute approximate surface area is 154 Å². The molecule has 0 unspecified atom stereocenters. The fourth-order valence-corrected chi connectivity index (χ4v) is 4.36. The summed E-state index contributed by atoms with van der Waals surface area (Å²) < 4.78 is 24.0. The summed E-state index contributed by atoms with van der Waals surface area (Å²) >= 11 is 1.63. The minimum atomic E-state index is -3.36. The van der Waals surface area contributed by atoms with E-state index < -0.39 is 21.5 Å². The third-order valence-electron chi connectivity index (χ3n) is 3.55. The molecule has 0 heterocycles. The molecule has 4 nitrogen and oxygen atoms in total. The van der Waals surface area contributed by atoms with Crippen molar-refractivity contribution in [1.29, 1.82) is 0 Å². The van der Waals surface area contributed by atoms with Gasteiger partial charge in [0.15, 0.2) is 9.84 Å². The van der Waals surface area contributed by atoms with Crippen molar-refractivity contribution in [1.82, 2.24) is 5.32 Å². The van der Waals surface area contributed by atoms with Crippen molar-refractivity contribution in [2.75, 3.05) is 23.8 Å². The second-order valence-corrected chi connectivity index (χ2v) is 9.05. The van der Waals surface area contributed by atoms with Crippen molar-refractivity contribution in [2.24, 2.45) is 0 Å². The molecule has 0 aliphatic rings. The first-order chi connectivity index (χ1) is 12.1. The van der Waals surface area contributed by atoms with E-state index in [1.165, 1.54) is 0 Å². The molecule has 2 aromatic carbocycles. The number of hydrogen-bond donors (Lipinski definition) is 1. The smallest absolute Gasteiger partial charge is 0.235 e. The molecule has 0 aromatic heterocycles. The lowest BCUT2D eigenvalue weighted by molar-refractivity contribution is -0.118. The topological polar surface area (TPSA) is 63.2 Å². The van der Waals surface area contributed by atoms with E-state index in [2.05, 4.69) is 5.32 Å². The third kappa shape index (κ3) is 8.23. The van der Waals surface area contributed by atoms with Crippen LogP contribution in [-0.2, 0) is 21.1 Å². The molecule has 1 amide bonds. The van der Waals surface area contributed by atoms with E-state index in [0.717, 1.165) is 10.5 Å². The first-order valence-electron chi connectivity index (χ1n) is 8.24. The molecule has 134 valence electrons. The molecule has 0 spiro atoms. The molecule has 6 heteroatoms. The van der Waals surface area contributed by atoms with Gasteiger partial charge in [0.05, 0.1) is 5.75 Å². The molecular formula is C19H23NO3S2. The Balaban J connectivity index is 1.63. The van der Waals surface area contributed by atoms with Gasteiger partial charge in [-0.3, -0.25) is 4.79 Å². The quantitative estimate of drug-likeness (QED) is 0.511. The number of benzene rings is 2. The molecule has 25 heavy (non-hydrogen) atoms. The number of amides is 1. The minimum Gasteiger partial charge on any atom is -0.354 e. The normalized spacial score (nSPS) is 11.2. The highest BCUT2D eigenvalue weighted by Crippen LogP contribution is 2.15. The molecule has 0 saturated carbocycles. The summed E-state index contributed by atoms with van der Waals surface area (Å²) in [6.45, 7) is 0.456. The molecule has 0 atom stereocenters. The standard InChI is InChI=1S/C19H23NO3S2/c21-19(20-13-14-24-18-11-5-2-6-12-18)16-25(22,23)15-7-10-17-8-3-1-4-9-17/h1-6,8-9,11-12H,7,10,13-16H2,(H,20,21). The van der Waals surface area contributed by atoms with Crippen LogP contribution in [0.1, 0.15) is 12.0 Å². The maximum Gasteiger partial charge on any atom is 0.235 e. The average Bonchev–Trinajstić information content (AvgIpc) is 2.60. The van der Waals surface area contributed by atoms with Crippen LogP contribution in [0.3, 0.4) is 0 Å². The first kappa shape index (κ1) is 19.5. The summed E-state index contributed by atoms with van der Waals surface area (Å²) in [7, 11) is -3.36. The maximum absolute atomic E-state index is 12.0. The lowest BCUT2D eigenvalue weighted by Crippen LogP contribution is -2.32. The summed E-state index contributed by atoms with van der Waals surface area (Å²) in [5.41, 5.74) is 1.11. The Kier molecular flexibility index (Phi) is 8.01. The number of aryl methyl sites for hydroxylation is 1. The van der Waals surface area contributed by atoms with Gasteiger partial charge in [0, 0.05) is 17.2 Å². The predicted molar refractivity (Wildman–Crippen MR) is 104 cm³/mol. The van der Waals surface area contributed by atoms with Gasteiger partial charge in [-0.25, -0.2) is 8.42 Å². The molecule has 0 aliphatic heterocycles. The summed E-state index contributed by atoms with van der Waals surface area (Å²) in [5.74, 6) is -0.108. The van der Waals surface area contributed by atoms with Gasteiger partial charge in [0.25, 0.3) is 0 Å². The van der Waals surface area contributed by atoms with E-state index in [1.54, 1.807) is 11.8 Å². The Morgan fingerprint density at radius 1 is 0.960 bits per heavy atom. The monoisotopic (exact) mass is 377 g/mol. The molecule has 0 fully saturated rings. The van der Waals surface area contributed by atoms with Crippen molar-refractivity contribution >= 4 is 27.5 Å². The number of hydrogen-bond acceptors (Lipinski definition) is 4. The van der Waals surface area contributed by atoms with Crippen LogP contribution in [0.5, 0.6) is 0 Å². The van der Waals surface area contributed by atoms with Crippen LogP contribution in [0.25, 0.3) is 0 Å². The summed E-state index contributed by atoms with van der Waals surface area (Å²) in [6, 6.07) is 19.6. The van der Waals surface area contributed by atoms with Crippen molar-refractivity contribution < 1.29 is 13.2 Å². The second-order valence-electron chi connectivity index (χ2n) is 5.69. The number of carbonyl (C=O) groups excluding carboxylic acids is 1. The number of thioether (sulfide) groups is 1. The van der Waals surface area contributed by atoms with Crippen LogP contribution < -0.4 is 5.32 Å². The fraction of sp³-hybridized carbons (Fsp3) is 0.316. The van der Waals surface area contributed by atoms with Gasteiger partial charge in [-0.1, -0.05) is 48.5 Å². The Morgan fingerprint density at radius 2 is 1.60 bits per heavy atom. The average molecular weight is 378 g/mol. The second kappa shape index (κ2) is 10.3. The first-order valence-corrected chi connectivity index (χ1v) is 11.0. The van der Waals surface area contributed by atoms with Gasteiger partial charge in [-0.15, -0.1) is 11.8 Å². The van der Waals surface area contributed by atoms with Gasteiger partial charge in [-0.05, 0) is 30.5 Å². The highest BCUT2D eigenvalue weighted by Gasteiger charge is 2.16. The van der Waals surface area contributed by atoms with Crippen molar-refractivity contribution in [3.05, 3.63) is 66.2 Å². The number of carbonyl (C=O) groups is 1. The van der Waals surface area contributed by atoms with Gasteiger partial charge >= 0.3 is 0 Å². The highest BCUT2D eigenvalue weighted by molar-refractivity contribution is 7.99.